The monoisotopic (exact) mass is 402 g/mol. The minimum absolute atomic E-state index is 0.0877. The lowest BCUT2D eigenvalue weighted by molar-refractivity contribution is -0.149. The number of thioether (sulfide) groups is 1. The summed E-state index contributed by atoms with van der Waals surface area (Å²) in [7, 11) is 1.22. The smallest absolute Gasteiger partial charge is 0.416 e. The SMILES string of the molecule is COC(=O)C1C(O)=CC(=O)CC1C(C)(C)CSc1ccc(C(F)(F)F)cc1. The van der Waals surface area contributed by atoms with Crippen molar-refractivity contribution in [2.45, 2.75) is 31.3 Å². The first kappa shape index (κ1) is 21.3. The first-order chi connectivity index (χ1) is 12.5. The molecule has 1 aromatic rings. The number of carbonyl (C=O) groups is 2. The van der Waals surface area contributed by atoms with Crippen LogP contribution < -0.4 is 0 Å². The predicted octanol–water partition coefficient (Wildman–Crippen LogP) is 4.64. The number of ketones is 1. The van der Waals surface area contributed by atoms with E-state index in [1.807, 2.05) is 13.8 Å². The summed E-state index contributed by atoms with van der Waals surface area (Å²) in [5.41, 5.74) is -1.28. The maximum Gasteiger partial charge on any atom is 0.416 e. The number of rotatable bonds is 5. The van der Waals surface area contributed by atoms with Crippen molar-refractivity contribution in [3.63, 3.8) is 0 Å². The second kappa shape index (κ2) is 7.96. The highest BCUT2D eigenvalue weighted by Crippen LogP contribution is 2.44. The minimum Gasteiger partial charge on any atom is -0.511 e. The van der Waals surface area contributed by atoms with E-state index >= 15 is 0 Å². The zero-order valence-corrected chi connectivity index (χ0v) is 16.0. The number of ether oxygens (including phenoxy) is 1. The molecule has 0 bridgehead atoms. The predicted molar refractivity (Wildman–Crippen MR) is 95.3 cm³/mol. The Bertz CT molecular complexity index is 738. The number of allylic oxidation sites excluding steroid dienone is 1. The van der Waals surface area contributed by atoms with Gasteiger partial charge in [0.25, 0.3) is 0 Å². The normalized spacial score (nSPS) is 21.0. The Balaban J connectivity index is 2.15. The summed E-state index contributed by atoms with van der Waals surface area (Å²) in [4.78, 5) is 24.6. The molecule has 2 atom stereocenters. The zero-order chi connectivity index (χ0) is 20.4. The highest BCUT2D eigenvalue weighted by atomic mass is 32.2. The molecule has 0 aromatic heterocycles. The van der Waals surface area contributed by atoms with E-state index < -0.39 is 35.0 Å². The number of alkyl halides is 3. The summed E-state index contributed by atoms with van der Waals surface area (Å²) in [5.74, 6) is -2.17. The molecule has 0 amide bonds. The molecule has 0 fully saturated rings. The van der Waals surface area contributed by atoms with Crippen LogP contribution in [0.4, 0.5) is 13.2 Å². The van der Waals surface area contributed by atoms with Gasteiger partial charge in [0.1, 0.15) is 11.7 Å². The molecule has 8 heteroatoms. The van der Waals surface area contributed by atoms with E-state index in [9.17, 15) is 27.9 Å². The van der Waals surface area contributed by atoms with E-state index in [-0.39, 0.29) is 18.0 Å². The van der Waals surface area contributed by atoms with Crippen LogP contribution in [-0.4, -0.2) is 29.7 Å². The van der Waals surface area contributed by atoms with Gasteiger partial charge >= 0.3 is 12.1 Å². The summed E-state index contributed by atoms with van der Waals surface area (Å²) >= 11 is 1.33. The van der Waals surface area contributed by atoms with Crippen molar-refractivity contribution in [2.24, 2.45) is 17.3 Å². The summed E-state index contributed by atoms with van der Waals surface area (Å²) in [6.07, 6.45) is -3.25. The second-order valence-corrected chi connectivity index (χ2v) is 8.20. The summed E-state index contributed by atoms with van der Waals surface area (Å²) in [6, 6.07) is 4.83. The van der Waals surface area contributed by atoms with Crippen LogP contribution in [0.3, 0.4) is 0 Å². The van der Waals surface area contributed by atoms with Crippen molar-refractivity contribution in [1.29, 1.82) is 0 Å². The molecule has 1 aliphatic rings. The Hall–Kier alpha value is -1.96. The van der Waals surface area contributed by atoms with Gasteiger partial charge in [-0.3, -0.25) is 9.59 Å². The molecule has 0 spiro atoms. The third-order valence-corrected chi connectivity index (χ3v) is 6.20. The van der Waals surface area contributed by atoms with Crippen LogP contribution in [0.15, 0.2) is 41.0 Å². The third-order valence-electron chi connectivity index (χ3n) is 4.70. The quantitative estimate of drug-likeness (QED) is 0.574. The number of carbonyl (C=O) groups excluding carboxylic acids is 2. The van der Waals surface area contributed by atoms with Crippen LogP contribution in [-0.2, 0) is 20.5 Å². The van der Waals surface area contributed by atoms with Gasteiger partial charge in [-0.1, -0.05) is 13.8 Å². The molecule has 148 valence electrons. The molecule has 2 unspecified atom stereocenters. The number of methoxy groups -OCH3 is 1. The summed E-state index contributed by atoms with van der Waals surface area (Å²) in [5, 5.41) is 10.1. The summed E-state index contributed by atoms with van der Waals surface area (Å²) < 4.78 is 42.7. The number of benzene rings is 1. The molecule has 0 radical (unpaired) electrons. The van der Waals surface area contributed by atoms with Crippen LogP contribution in [0.25, 0.3) is 0 Å². The molecule has 0 heterocycles. The van der Waals surface area contributed by atoms with Gasteiger partial charge in [-0.05, 0) is 35.6 Å². The summed E-state index contributed by atoms with van der Waals surface area (Å²) in [6.45, 7) is 3.72. The Labute approximate surface area is 159 Å². The standard InChI is InChI=1S/C19H21F3O4S/c1-18(2,10-27-13-6-4-11(5-7-13)19(20,21)22)14-8-12(23)9-15(24)16(14)17(25)26-3/h4-7,9,14,16,24H,8,10H2,1-3H3. The van der Waals surface area contributed by atoms with E-state index in [4.69, 9.17) is 4.74 Å². The Kier molecular flexibility index (Phi) is 6.29. The van der Waals surface area contributed by atoms with Crippen molar-refractivity contribution in [2.75, 3.05) is 12.9 Å². The fraction of sp³-hybridized carbons (Fsp3) is 0.474. The number of hydrogen-bond donors (Lipinski definition) is 1. The highest BCUT2D eigenvalue weighted by molar-refractivity contribution is 7.99. The van der Waals surface area contributed by atoms with Crippen LogP contribution in [0.2, 0.25) is 0 Å². The van der Waals surface area contributed by atoms with E-state index in [1.54, 1.807) is 0 Å². The lowest BCUT2D eigenvalue weighted by Gasteiger charge is -2.39. The molecule has 2 rings (SSSR count). The van der Waals surface area contributed by atoms with Gasteiger partial charge in [-0.25, -0.2) is 0 Å². The Morgan fingerprint density at radius 1 is 1.26 bits per heavy atom. The molecular weight excluding hydrogens is 381 g/mol. The van der Waals surface area contributed by atoms with Gasteiger partial charge in [0.15, 0.2) is 5.78 Å². The van der Waals surface area contributed by atoms with Crippen molar-refractivity contribution in [3.8, 4) is 0 Å². The zero-order valence-electron chi connectivity index (χ0n) is 15.2. The van der Waals surface area contributed by atoms with Gasteiger partial charge in [0.05, 0.1) is 12.7 Å². The first-order valence-corrected chi connectivity index (χ1v) is 9.25. The van der Waals surface area contributed by atoms with Crippen molar-refractivity contribution < 1.29 is 32.6 Å². The fourth-order valence-corrected chi connectivity index (χ4v) is 4.19. The van der Waals surface area contributed by atoms with Crippen molar-refractivity contribution in [3.05, 3.63) is 41.7 Å². The second-order valence-electron chi connectivity index (χ2n) is 7.15. The number of halogens is 3. The maximum atomic E-state index is 12.7. The van der Waals surface area contributed by atoms with Gasteiger partial charge < -0.3 is 9.84 Å². The third kappa shape index (κ3) is 5.06. The fourth-order valence-electron chi connectivity index (χ4n) is 3.11. The lowest BCUT2D eigenvalue weighted by Crippen LogP contribution is -2.41. The van der Waals surface area contributed by atoms with Crippen LogP contribution in [0.5, 0.6) is 0 Å². The molecule has 0 saturated heterocycles. The first-order valence-electron chi connectivity index (χ1n) is 8.27. The molecule has 1 aliphatic carbocycles. The molecule has 0 saturated carbocycles. The van der Waals surface area contributed by atoms with Crippen molar-refractivity contribution >= 4 is 23.5 Å². The lowest BCUT2D eigenvalue weighted by atomic mass is 9.67. The Morgan fingerprint density at radius 3 is 2.37 bits per heavy atom. The molecule has 1 N–H and O–H groups in total. The van der Waals surface area contributed by atoms with E-state index in [0.29, 0.717) is 10.6 Å². The number of esters is 1. The molecule has 4 nitrogen and oxygen atoms in total. The number of hydrogen-bond acceptors (Lipinski definition) is 5. The largest absolute Gasteiger partial charge is 0.511 e. The molecule has 27 heavy (non-hydrogen) atoms. The topological polar surface area (TPSA) is 63.6 Å². The number of aliphatic hydroxyl groups is 1. The molecule has 0 aliphatic heterocycles. The maximum absolute atomic E-state index is 12.7. The van der Waals surface area contributed by atoms with Crippen LogP contribution in [0.1, 0.15) is 25.8 Å². The molecular formula is C19H21F3O4S. The van der Waals surface area contributed by atoms with Crippen LogP contribution >= 0.6 is 11.8 Å². The Morgan fingerprint density at radius 2 is 1.85 bits per heavy atom. The minimum atomic E-state index is -4.39. The van der Waals surface area contributed by atoms with Gasteiger partial charge in [-0.15, -0.1) is 11.8 Å². The van der Waals surface area contributed by atoms with E-state index in [1.165, 1.54) is 31.0 Å². The molecule has 1 aromatic carbocycles. The average Bonchev–Trinajstić information content (AvgIpc) is 2.58. The highest BCUT2D eigenvalue weighted by Gasteiger charge is 2.45. The van der Waals surface area contributed by atoms with Crippen LogP contribution in [0, 0.1) is 17.3 Å². The van der Waals surface area contributed by atoms with Gasteiger partial charge in [-0.2, -0.15) is 13.2 Å². The van der Waals surface area contributed by atoms with Gasteiger partial charge in [0, 0.05) is 23.1 Å². The number of aliphatic hydroxyl groups excluding tert-OH is 1. The average molecular weight is 402 g/mol. The van der Waals surface area contributed by atoms with Crippen molar-refractivity contribution in [1.82, 2.24) is 0 Å². The van der Waals surface area contributed by atoms with E-state index in [2.05, 4.69) is 0 Å². The van der Waals surface area contributed by atoms with E-state index in [0.717, 1.165) is 18.2 Å². The van der Waals surface area contributed by atoms with Gasteiger partial charge in [0.2, 0.25) is 0 Å².